The second-order valence-corrected chi connectivity index (χ2v) is 11.6. The molecule has 1 aliphatic heterocycles. The van der Waals surface area contributed by atoms with Crippen LogP contribution < -0.4 is 21.7 Å². The lowest BCUT2D eigenvalue weighted by atomic mass is 9.97. The predicted octanol–water partition coefficient (Wildman–Crippen LogP) is 0.624. The van der Waals surface area contributed by atoms with Crippen LogP contribution in [0.4, 0.5) is 0 Å². The lowest BCUT2D eigenvalue weighted by molar-refractivity contribution is -0.151. The van der Waals surface area contributed by atoms with E-state index in [4.69, 9.17) is 5.73 Å². The largest absolute Gasteiger partial charge is 0.481 e. The molecule has 0 aliphatic carbocycles. The normalized spacial score (nSPS) is 17.0. The number of piperazine rings is 1. The van der Waals surface area contributed by atoms with Crippen LogP contribution >= 0.6 is 0 Å². The number of hydrogen-bond donors (Lipinski definition) is 6. The molecule has 0 spiro atoms. The molecule has 13 nitrogen and oxygen atoms in total. The van der Waals surface area contributed by atoms with Gasteiger partial charge in [0.15, 0.2) is 0 Å². The van der Waals surface area contributed by atoms with Crippen molar-refractivity contribution in [2.24, 2.45) is 11.7 Å². The maximum absolute atomic E-state index is 13.7. The van der Waals surface area contributed by atoms with Crippen LogP contribution in [0.2, 0.25) is 0 Å². The Bertz CT molecular complexity index is 1570. The van der Waals surface area contributed by atoms with E-state index in [1.54, 1.807) is 36.5 Å². The Labute approximate surface area is 259 Å². The average molecular weight is 619 g/mol. The fourth-order valence-corrected chi connectivity index (χ4v) is 5.48. The number of carboxylic acid groups (broad SMARTS) is 1. The summed E-state index contributed by atoms with van der Waals surface area (Å²) in [6.07, 6.45) is 1.36. The van der Waals surface area contributed by atoms with E-state index >= 15 is 0 Å². The van der Waals surface area contributed by atoms with Gasteiger partial charge in [0.25, 0.3) is 0 Å². The summed E-state index contributed by atoms with van der Waals surface area (Å²) in [5.74, 6) is -4.96. The molecule has 13 heteroatoms. The monoisotopic (exact) mass is 618 g/mol. The van der Waals surface area contributed by atoms with Crippen molar-refractivity contribution < 1.29 is 33.9 Å². The van der Waals surface area contributed by atoms with Gasteiger partial charge in [-0.2, -0.15) is 0 Å². The molecular weight excluding hydrogens is 580 g/mol. The number of benzene rings is 2. The SMILES string of the molecule is CC(C)C[C@@H](C(=O)N[C@@H](CC(=O)O)C(=O)N[C@@H](Cc1ccccc1)C(N)=O)N1CC(=O)N[C@H](Cc2c[nH]c3ccccc23)C1=O. The van der Waals surface area contributed by atoms with Gasteiger partial charge >= 0.3 is 5.97 Å². The standard InChI is InChI=1S/C32H38N6O7/c1-18(2)12-26(38-17-27(39)35-25(32(38)45)14-20-16-34-22-11-7-6-10-21(20)22)31(44)37-24(15-28(40)41)30(43)36-23(29(33)42)13-19-8-4-3-5-9-19/h3-11,16,18,23-26,34H,12-15,17H2,1-2H3,(H2,33,42)(H,35,39)(H,36,43)(H,37,44)(H,40,41)/t23-,24-,25+,26-/m0/s1. The van der Waals surface area contributed by atoms with Crippen molar-refractivity contribution in [2.75, 3.05) is 6.54 Å². The highest BCUT2D eigenvalue weighted by molar-refractivity contribution is 6.00. The second-order valence-electron chi connectivity index (χ2n) is 11.6. The molecule has 2 heterocycles. The van der Waals surface area contributed by atoms with Gasteiger partial charge in [0.05, 0.1) is 6.42 Å². The number of nitrogens with two attached hydrogens (primary N) is 1. The molecule has 1 saturated heterocycles. The van der Waals surface area contributed by atoms with Crippen molar-refractivity contribution in [3.8, 4) is 0 Å². The van der Waals surface area contributed by atoms with Crippen molar-refractivity contribution in [1.82, 2.24) is 25.8 Å². The van der Waals surface area contributed by atoms with Gasteiger partial charge in [-0.1, -0.05) is 62.4 Å². The number of nitrogens with one attached hydrogen (secondary N) is 4. The molecule has 3 aromatic rings. The number of carbonyl (C=O) groups is 6. The van der Waals surface area contributed by atoms with Crippen LogP contribution in [-0.2, 0) is 41.6 Å². The zero-order valence-electron chi connectivity index (χ0n) is 25.1. The maximum atomic E-state index is 13.7. The van der Waals surface area contributed by atoms with Crippen LogP contribution in [0.3, 0.4) is 0 Å². The Morgan fingerprint density at radius 2 is 1.64 bits per heavy atom. The number of para-hydroxylation sites is 1. The summed E-state index contributed by atoms with van der Waals surface area (Å²) in [5, 5.41) is 18.1. The van der Waals surface area contributed by atoms with Crippen molar-refractivity contribution in [2.45, 2.75) is 63.7 Å². The van der Waals surface area contributed by atoms with E-state index in [9.17, 15) is 33.9 Å². The number of hydrogen-bond acceptors (Lipinski definition) is 6. The molecule has 0 radical (unpaired) electrons. The first-order valence-electron chi connectivity index (χ1n) is 14.7. The molecule has 1 fully saturated rings. The molecule has 1 aliphatic rings. The summed E-state index contributed by atoms with van der Waals surface area (Å²) in [6.45, 7) is 3.28. The number of fused-ring (bicyclic) bond motifs is 1. The zero-order valence-corrected chi connectivity index (χ0v) is 25.1. The molecule has 4 atom stereocenters. The van der Waals surface area contributed by atoms with E-state index in [0.717, 1.165) is 16.5 Å². The maximum Gasteiger partial charge on any atom is 0.305 e. The number of nitrogens with zero attached hydrogens (tertiary/aromatic N) is 1. The molecule has 45 heavy (non-hydrogen) atoms. The summed E-state index contributed by atoms with van der Waals surface area (Å²) < 4.78 is 0. The van der Waals surface area contributed by atoms with Crippen molar-refractivity contribution >= 4 is 46.4 Å². The van der Waals surface area contributed by atoms with E-state index in [-0.39, 0.29) is 31.7 Å². The molecule has 1 aromatic heterocycles. The van der Waals surface area contributed by atoms with Gasteiger partial charge in [0.2, 0.25) is 29.5 Å². The van der Waals surface area contributed by atoms with Crippen molar-refractivity contribution in [1.29, 1.82) is 0 Å². The Morgan fingerprint density at radius 3 is 2.31 bits per heavy atom. The quantitative estimate of drug-likeness (QED) is 0.152. The third kappa shape index (κ3) is 8.46. The number of rotatable bonds is 14. The zero-order chi connectivity index (χ0) is 32.7. The first kappa shape index (κ1) is 32.7. The number of carbonyl (C=O) groups excluding carboxylic acids is 5. The summed E-state index contributed by atoms with van der Waals surface area (Å²) in [7, 11) is 0. The van der Waals surface area contributed by atoms with Crippen LogP contribution in [0.5, 0.6) is 0 Å². The molecule has 0 bridgehead atoms. The summed E-state index contributed by atoms with van der Waals surface area (Å²) in [5.41, 5.74) is 7.91. The molecule has 2 aromatic carbocycles. The number of primary amides is 1. The fraction of sp³-hybridized carbons (Fsp3) is 0.375. The van der Waals surface area contributed by atoms with Gasteiger partial charge in [-0.05, 0) is 29.5 Å². The average Bonchev–Trinajstić information content (AvgIpc) is 3.39. The van der Waals surface area contributed by atoms with E-state index in [1.165, 1.54) is 4.90 Å². The summed E-state index contributed by atoms with van der Waals surface area (Å²) in [6, 6.07) is 11.5. The fourth-order valence-electron chi connectivity index (χ4n) is 5.48. The van der Waals surface area contributed by atoms with Gasteiger partial charge in [-0.15, -0.1) is 0 Å². The Kier molecular flexibility index (Phi) is 10.6. The van der Waals surface area contributed by atoms with Gasteiger partial charge in [-0.3, -0.25) is 28.8 Å². The Hall–Kier alpha value is -5.20. The van der Waals surface area contributed by atoms with Gasteiger partial charge in [0, 0.05) is 29.9 Å². The van der Waals surface area contributed by atoms with Crippen LogP contribution in [0.15, 0.2) is 60.8 Å². The highest BCUT2D eigenvalue weighted by Crippen LogP contribution is 2.22. The number of H-pyrrole nitrogens is 1. The first-order valence-corrected chi connectivity index (χ1v) is 14.7. The number of carboxylic acids is 1. The first-order chi connectivity index (χ1) is 21.4. The van der Waals surface area contributed by atoms with Crippen molar-refractivity contribution in [3.05, 3.63) is 71.9 Å². The highest BCUT2D eigenvalue weighted by atomic mass is 16.4. The Morgan fingerprint density at radius 1 is 0.978 bits per heavy atom. The van der Waals surface area contributed by atoms with E-state index < -0.39 is 66.1 Å². The van der Waals surface area contributed by atoms with Crippen LogP contribution in [0, 0.1) is 5.92 Å². The van der Waals surface area contributed by atoms with Crippen LogP contribution in [0.25, 0.3) is 10.9 Å². The second kappa shape index (κ2) is 14.5. The molecule has 238 valence electrons. The lowest BCUT2D eigenvalue weighted by Crippen LogP contribution is -2.65. The van der Waals surface area contributed by atoms with Gasteiger partial charge in [0.1, 0.15) is 30.7 Å². The number of aliphatic carboxylic acids is 1. The summed E-state index contributed by atoms with van der Waals surface area (Å²) in [4.78, 5) is 81.7. The van der Waals surface area contributed by atoms with Crippen LogP contribution in [-0.4, -0.2) is 81.2 Å². The third-order valence-corrected chi connectivity index (χ3v) is 7.66. The molecule has 5 amide bonds. The third-order valence-electron chi connectivity index (χ3n) is 7.66. The molecule has 0 unspecified atom stereocenters. The summed E-state index contributed by atoms with van der Waals surface area (Å²) >= 11 is 0. The minimum absolute atomic E-state index is 0.0564. The van der Waals surface area contributed by atoms with E-state index in [0.29, 0.717) is 5.56 Å². The van der Waals surface area contributed by atoms with Gasteiger partial charge in [-0.25, -0.2) is 0 Å². The lowest BCUT2D eigenvalue weighted by Gasteiger charge is -2.38. The molecule has 7 N–H and O–H groups in total. The number of aromatic nitrogens is 1. The topological polar surface area (TPSA) is 204 Å². The van der Waals surface area contributed by atoms with Gasteiger partial charge < -0.3 is 36.7 Å². The highest BCUT2D eigenvalue weighted by Gasteiger charge is 2.41. The molecule has 0 saturated carbocycles. The van der Waals surface area contributed by atoms with E-state index in [1.807, 2.05) is 38.1 Å². The smallest absolute Gasteiger partial charge is 0.305 e. The van der Waals surface area contributed by atoms with Crippen LogP contribution in [0.1, 0.15) is 37.8 Å². The number of amides is 5. The molecular formula is C32H38N6O7. The predicted molar refractivity (Wildman–Crippen MR) is 164 cm³/mol. The molecule has 4 rings (SSSR count). The van der Waals surface area contributed by atoms with E-state index in [2.05, 4.69) is 20.9 Å². The minimum atomic E-state index is -1.59. The van der Waals surface area contributed by atoms with Crippen molar-refractivity contribution in [3.63, 3.8) is 0 Å². The Balaban J connectivity index is 1.53. The number of aromatic amines is 1. The minimum Gasteiger partial charge on any atom is -0.481 e.